The van der Waals surface area contributed by atoms with Crippen LogP contribution in [0.5, 0.6) is 0 Å². The second kappa shape index (κ2) is 12.0. The summed E-state index contributed by atoms with van der Waals surface area (Å²) in [4.78, 5) is 0. The van der Waals surface area contributed by atoms with Crippen LogP contribution >= 0.6 is 0 Å². The maximum absolute atomic E-state index is 2.51. The standard InChI is InChI=1S/C52H38N4/c1-2-3-30-53-45-19-9-4-18-41(45)42-31-34(24-27-46(42)53)56-51-28-25-35(54-47-20-10-5-14-37(47)38-15-6-11-21-48(38)54)32-43(51)44-33-36(26-29-52(44)56)55-49-22-12-7-16-39(49)40-17-8-13-23-50(40)55/h4-29,31-33H,2-3,30H2,1H3. The van der Waals surface area contributed by atoms with Gasteiger partial charge in [-0.3, -0.25) is 0 Å². The number of benzene rings is 8. The Bertz CT molecular complexity index is 3250. The van der Waals surface area contributed by atoms with E-state index < -0.39 is 0 Å². The summed E-state index contributed by atoms with van der Waals surface area (Å²) < 4.78 is 9.86. The lowest BCUT2D eigenvalue weighted by Crippen LogP contribution is -1.98. The Hall–Kier alpha value is -7.04. The monoisotopic (exact) mass is 718 g/mol. The van der Waals surface area contributed by atoms with Crippen molar-refractivity contribution in [3.8, 4) is 17.1 Å². The van der Waals surface area contributed by atoms with Crippen molar-refractivity contribution in [1.29, 1.82) is 0 Å². The van der Waals surface area contributed by atoms with E-state index >= 15 is 0 Å². The topological polar surface area (TPSA) is 19.7 Å². The largest absolute Gasteiger partial charge is 0.340 e. The highest BCUT2D eigenvalue weighted by atomic mass is 15.0. The van der Waals surface area contributed by atoms with Crippen molar-refractivity contribution in [2.75, 3.05) is 0 Å². The third-order valence-corrected chi connectivity index (χ3v) is 12.2. The molecule has 4 heterocycles. The van der Waals surface area contributed by atoms with Gasteiger partial charge in [0.05, 0.1) is 33.1 Å². The van der Waals surface area contributed by atoms with Crippen LogP contribution in [0.1, 0.15) is 19.8 Å². The molecular formula is C52H38N4. The Morgan fingerprint density at radius 3 is 0.982 bits per heavy atom. The van der Waals surface area contributed by atoms with Crippen LogP contribution in [0.25, 0.3) is 104 Å². The van der Waals surface area contributed by atoms with Gasteiger partial charge in [0.15, 0.2) is 0 Å². The summed E-state index contributed by atoms with van der Waals surface area (Å²) in [6.45, 7) is 3.29. The van der Waals surface area contributed by atoms with E-state index in [1.807, 2.05) is 0 Å². The van der Waals surface area contributed by atoms with Crippen molar-refractivity contribution in [2.24, 2.45) is 0 Å². The SMILES string of the molecule is CCCCn1c2ccccc2c2cc(-n3c4ccc(-n5c6ccccc6c6ccccc65)cc4c4cc(-n5c6ccccc6c6ccccc65)ccc43)ccc21. The molecule has 266 valence electrons. The molecule has 4 aromatic heterocycles. The van der Waals surface area contributed by atoms with Crippen LogP contribution in [0.3, 0.4) is 0 Å². The Morgan fingerprint density at radius 1 is 0.304 bits per heavy atom. The fraction of sp³-hybridized carbons (Fsp3) is 0.0769. The van der Waals surface area contributed by atoms with Gasteiger partial charge in [-0.15, -0.1) is 0 Å². The number of unbranched alkanes of at least 4 members (excludes halogenated alkanes) is 1. The van der Waals surface area contributed by atoms with Crippen LogP contribution in [-0.2, 0) is 6.54 Å². The molecular weight excluding hydrogens is 681 g/mol. The minimum atomic E-state index is 1.02. The zero-order valence-electron chi connectivity index (χ0n) is 31.2. The maximum Gasteiger partial charge on any atom is 0.0542 e. The van der Waals surface area contributed by atoms with E-state index in [0.717, 1.165) is 24.3 Å². The second-order valence-corrected chi connectivity index (χ2v) is 15.2. The van der Waals surface area contributed by atoms with Crippen LogP contribution < -0.4 is 0 Å². The fourth-order valence-corrected chi connectivity index (χ4v) is 9.69. The normalized spacial score (nSPS) is 12.2. The molecule has 12 aromatic rings. The molecule has 4 nitrogen and oxygen atoms in total. The van der Waals surface area contributed by atoms with Gasteiger partial charge >= 0.3 is 0 Å². The summed E-state index contributed by atoms with van der Waals surface area (Å²) in [5.74, 6) is 0. The summed E-state index contributed by atoms with van der Waals surface area (Å²) in [6, 6.07) is 65.2. The lowest BCUT2D eigenvalue weighted by molar-refractivity contribution is 0.665. The molecule has 0 amide bonds. The van der Waals surface area contributed by atoms with Gasteiger partial charge in [-0.1, -0.05) is 104 Å². The summed E-state index contributed by atoms with van der Waals surface area (Å²) >= 11 is 0. The van der Waals surface area contributed by atoms with E-state index in [2.05, 4.69) is 201 Å². The average Bonchev–Trinajstić information content (AvgIpc) is 3.97. The van der Waals surface area contributed by atoms with Gasteiger partial charge in [0.1, 0.15) is 0 Å². The van der Waals surface area contributed by atoms with Crippen LogP contribution in [0.2, 0.25) is 0 Å². The molecule has 8 aromatic carbocycles. The van der Waals surface area contributed by atoms with E-state index in [1.54, 1.807) is 0 Å². The van der Waals surface area contributed by atoms with Crippen molar-refractivity contribution in [3.63, 3.8) is 0 Å². The maximum atomic E-state index is 2.51. The summed E-state index contributed by atoms with van der Waals surface area (Å²) in [5.41, 5.74) is 13.3. The van der Waals surface area contributed by atoms with Gasteiger partial charge in [-0.2, -0.15) is 0 Å². The molecule has 0 atom stereocenters. The van der Waals surface area contributed by atoms with Gasteiger partial charge in [0.25, 0.3) is 0 Å². The summed E-state index contributed by atoms with van der Waals surface area (Å²) in [7, 11) is 0. The second-order valence-electron chi connectivity index (χ2n) is 15.2. The molecule has 0 radical (unpaired) electrons. The number of nitrogens with zero attached hydrogens (tertiary/aromatic N) is 4. The number of hydrogen-bond acceptors (Lipinski definition) is 0. The zero-order valence-corrected chi connectivity index (χ0v) is 31.2. The van der Waals surface area contributed by atoms with E-state index in [-0.39, 0.29) is 0 Å². The first kappa shape index (κ1) is 31.3. The van der Waals surface area contributed by atoms with E-state index in [9.17, 15) is 0 Å². The van der Waals surface area contributed by atoms with Crippen LogP contribution in [-0.4, -0.2) is 18.3 Å². The lowest BCUT2D eigenvalue weighted by atomic mass is 10.1. The summed E-state index contributed by atoms with van der Waals surface area (Å²) in [6.07, 6.45) is 2.33. The first-order valence-electron chi connectivity index (χ1n) is 19.8. The third kappa shape index (κ3) is 4.35. The van der Waals surface area contributed by atoms with Crippen LogP contribution in [0, 0.1) is 0 Å². The van der Waals surface area contributed by atoms with Gasteiger partial charge in [-0.05, 0) is 91.3 Å². The highest BCUT2D eigenvalue weighted by Gasteiger charge is 2.20. The molecule has 4 heteroatoms. The minimum Gasteiger partial charge on any atom is -0.340 e. The molecule has 0 aliphatic carbocycles. The molecule has 56 heavy (non-hydrogen) atoms. The van der Waals surface area contributed by atoms with Crippen molar-refractivity contribution in [1.82, 2.24) is 18.3 Å². The minimum absolute atomic E-state index is 1.02. The van der Waals surface area contributed by atoms with Crippen molar-refractivity contribution in [2.45, 2.75) is 26.3 Å². The smallest absolute Gasteiger partial charge is 0.0542 e. The van der Waals surface area contributed by atoms with Crippen LogP contribution in [0.15, 0.2) is 176 Å². The Labute approximate surface area is 323 Å². The first-order valence-corrected chi connectivity index (χ1v) is 19.8. The van der Waals surface area contributed by atoms with Gasteiger partial charge < -0.3 is 18.3 Å². The average molecular weight is 719 g/mol. The number of aromatic nitrogens is 4. The van der Waals surface area contributed by atoms with Gasteiger partial charge in [-0.25, -0.2) is 0 Å². The third-order valence-electron chi connectivity index (χ3n) is 12.2. The number of para-hydroxylation sites is 5. The highest BCUT2D eigenvalue weighted by Crippen LogP contribution is 2.40. The molecule has 0 N–H and O–H groups in total. The van der Waals surface area contributed by atoms with Crippen LogP contribution in [0.4, 0.5) is 0 Å². The van der Waals surface area contributed by atoms with E-state index in [4.69, 9.17) is 0 Å². The van der Waals surface area contributed by atoms with E-state index in [1.165, 1.54) is 99.3 Å². The predicted octanol–water partition coefficient (Wildman–Crippen LogP) is 13.9. The number of aryl methyl sites for hydroxylation is 1. The molecule has 12 rings (SSSR count). The lowest BCUT2D eigenvalue weighted by Gasteiger charge is -2.12. The van der Waals surface area contributed by atoms with Crippen molar-refractivity contribution < 1.29 is 0 Å². The molecule has 0 spiro atoms. The Kier molecular flexibility index (Phi) is 6.70. The van der Waals surface area contributed by atoms with Crippen molar-refractivity contribution >= 4 is 87.2 Å². The van der Waals surface area contributed by atoms with E-state index in [0.29, 0.717) is 0 Å². The van der Waals surface area contributed by atoms with Gasteiger partial charge in [0, 0.05) is 77.7 Å². The Balaban J connectivity index is 1.16. The Morgan fingerprint density at radius 2 is 0.589 bits per heavy atom. The fourth-order valence-electron chi connectivity index (χ4n) is 9.69. The molecule has 0 saturated carbocycles. The summed E-state index contributed by atoms with van der Waals surface area (Å²) in [5, 5.41) is 10.1. The number of hydrogen-bond donors (Lipinski definition) is 0. The first-order chi connectivity index (χ1) is 27.8. The molecule has 0 aliphatic rings. The zero-order chi connectivity index (χ0) is 36.9. The van der Waals surface area contributed by atoms with Gasteiger partial charge in [0.2, 0.25) is 0 Å². The molecule has 0 fully saturated rings. The molecule has 0 aliphatic heterocycles. The quantitative estimate of drug-likeness (QED) is 0.163. The predicted molar refractivity (Wildman–Crippen MR) is 237 cm³/mol. The molecule has 0 saturated heterocycles. The molecule has 0 unspecified atom stereocenters. The van der Waals surface area contributed by atoms with Crippen molar-refractivity contribution in [3.05, 3.63) is 176 Å². The number of rotatable bonds is 6. The number of fused-ring (bicyclic) bond motifs is 12. The molecule has 0 bridgehead atoms. The highest BCUT2D eigenvalue weighted by molar-refractivity contribution is 6.15.